The van der Waals surface area contributed by atoms with Crippen LogP contribution in [-0.2, 0) is 4.79 Å². The fourth-order valence-corrected chi connectivity index (χ4v) is 2.82. The Bertz CT molecular complexity index is 1020. The van der Waals surface area contributed by atoms with Crippen LogP contribution in [0.3, 0.4) is 0 Å². The predicted molar refractivity (Wildman–Crippen MR) is 97.9 cm³/mol. The van der Waals surface area contributed by atoms with Gasteiger partial charge in [0.05, 0.1) is 5.69 Å². The molecule has 1 N–H and O–H groups in total. The average molecular weight is 329 g/mol. The Morgan fingerprint density at radius 1 is 1.00 bits per heavy atom. The third-order valence-corrected chi connectivity index (χ3v) is 4.10. The number of hydrogen-bond donors (Lipinski definition) is 1. The van der Waals surface area contributed by atoms with Gasteiger partial charge in [0.2, 0.25) is 0 Å². The van der Waals surface area contributed by atoms with E-state index < -0.39 is 0 Å². The molecule has 4 rings (SSSR count). The topological polar surface area (TPSA) is 55.4 Å². The minimum atomic E-state index is -0.219. The van der Waals surface area contributed by atoms with E-state index in [1.54, 1.807) is 24.3 Å². The maximum atomic E-state index is 12.4. The van der Waals surface area contributed by atoms with Crippen LogP contribution in [0, 0.1) is 0 Å². The molecule has 1 aliphatic heterocycles. The van der Waals surface area contributed by atoms with Crippen molar-refractivity contribution in [2.75, 3.05) is 11.9 Å². The molecule has 0 aromatic heterocycles. The van der Waals surface area contributed by atoms with Gasteiger partial charge in [-0.05, 0) is 46.7 Å². The second kappa shape index (κ2) is 6.24. The zero-order valence-corrected chi connectivity index (χ0v) is 13.4. The van der Waals surface area contributed by atoms with Crippen molar-refractivity contribution in [3.05, 3.63) is 77.9 Å². The van der Waals surface area contributed by atoms with Gasteiger partial charge in [-0.25, -0.2) is 0 Å². The number of carbonyl (C=O) groups excluding carboxylic acids is 2. The second-order valence-corrected chi connectivity index (χ2v) is 5.85. The number of rotatable bonds is 3. The largest absolute Gasteiger partial charge is 0.482 e. The summed E-state index contributed by atoms with van der Waals surface area (Å²) in [5, 5.41) is 5.00. The molecule has 0 fully saturated rings. The molecule has 0 aliphatic carbocycles. The third kappa shape index (κ3) is 3.15. The van der Waals surface area contributed by atoms with E-state index in [0.717, 1.165) is 16.3 Å². The third-order valence-electron chi connectivity index (χ3n) is 4.10. The van der Waals surface area contributed by atoms with Crippen molar-refractivity contribution in [1.82, 2.24) is 0 Å². The number of nitrogens with one attached hydrogen (secondary N) is 1. The fraction of sp³-hybridized carbons (Fsp3) is 0.0476. The lowest BCUT2D eigenvalue weighted by Crippen LogP contribution is -2.25. The second-order valence-electron chi connectivity index (χ2n) is 5.85. The lowest BCUT2D eigenvalue weighted by atomic mass is 10.0. The molecule has 25 heavy (non-hydrogen) atoms. The van der Waals surface area contributed by atoms with Crippen LogP contribution in [0.4, 0.5) is 5.69 Å². The maximum Gasteiger partial charge on any atom is 0.262 e. The smallest absolute Gasteiger partial charge is 0.262 e. The van der Waals surface area contributed by atoms with Gasteiger partial charge in [-0.3, -0.25) is 9.59 Å². The fourth-order valence-electron chi connectivity index (χ4n) is 2.82. The number of allylic oxidation sites excluding steroid dienone is 1. The van der Waals surface area contributed by atoms with E-state index >= 15 is 0 Å². The summed E-state index contributed by atoms with van der Waals surface area (Å²) in [5.74, 6) is 0.231. The summed E-state index contributed by atoms with van der Waals surface area (Å²) in [6, 6.07) is 19.2. The Hall–Kier alpha value is -3.40. The molecule has 4 heteroatoms. The number of amides is 1. The number of hydrogen-bond acceptors (Lipinski definition) is 3. The van der Waals surface area contributed by atoms with Crippen LogP contribution < -0.4 is 10.1 Å². The van der Waals surface area contributed by atoms with Crippen LogP contribution in [0.25, 0.3) is 16.8 Å². The van der Waals surface area contributed by atoms with Crippen LogP contribution in [0.1, 0.15) is 15.9 Å². The van der Waals surface area contributed by atoms with Gasteiger partial charge < -0.3 is 10.1 Å². The first kappa shape index (κ1) is 15.1. The summed E-state index contributed by atoms with van der Waals surface area (Å²) in [7, 11) is 0. The summed E-state index contributed by atoms with van der Waals surface area (Å²) < 4.78 is 5.30. The molecule has 0 spiro atoms. The van der Waals surface area contributed by atoms with E-state index in [0.29, 0.717) is 17.0 Å². The molecule has 1 heterocycles. The molecule has 3 aromatic carbocycles. The van der Waals surface area contributed by atoms with Gasteiger partial charge in [0.25, 0.3) is 5.91 Å². The van der Waals surface area contributed by atoms with Crippen molar-refractivity contribution in [3.63, 3.8) is 0 Å². The molecule has 0 radical (unpaired) electrons. The van der Waals surface area contributed by atoms with Gasteiger partial charge in [0.15, 0.2) is 12.4 Å². The summed E-state index contributed by atoms with van der Waals surface area (Å²) in [5.41, 5.74) is 1.99. The van der Waals surface area contributed by atoms with Crippen molar-refractivity contribution in [2.24, 2.45) is 0 Å². The Morgan fingerprint density at radius 2 is 1.84 bits per heavy atom. The van der Waals surface area contributed by atoms with Crippen molar-refractivity contribution in [3.8, 4) is 5.75 Å². The van der Waals surface area contributed by atoms with Crippen LogP contribution in [0.15, 0.2) is 66.7 Å². The SMILES string of the molecule is O=C1COc2ccc(C(=O)C=Cc3ccc4ccccc4c3)cc2N1. The molecule has 122 valence electrons. The highest BCUT2D eigenvalue weighted by Crippen LogP contribution is 2.28. The molecular weight excluding hydrogens is 314 g/mol. The lowest BCUT2D eigenvalue weighted by molar-refractivity contribution is -0.118. The number of ether oxygens (including phenoxy) is 1. The van der Waals surface area contributed by atoms with Crippen molar-refractivity contribution < 1.29 is 14.3 Å². The molecular formula is C21H15NO3. The van der Waals surface area contributed by atoms with Crippen molar-refractivity contribution >= 4 is 34.2 Å². The normalized spacial score (nSPS) is 13.4. The first-order valence-corrected chi connectivity index (χ1v) is 7.97. The van der Waals surface area contributed by atoms with E-state index in [-0.39, 0.29) is 18.3 Å². The summed E-state index contributed by atoms with van der Waals surface area (Å²) in [6.07, 6.45) is 3.33. The monoisotopic (exact) mass is 329 g/mol. The Balaban J connectivity index is 1.57. The molecule has 0 atom stereocenters. The van der Waals surface area contributed by atoms with Crippen LogP contribution in [-0.4, -0.2) is 18.3 Å². The Labute approximate surface area is 144 Å². The highest BCUT2D eigenvalue weighted by molar-refractivity contribution is 6.08. The lowest BCUT2D eigenvalue weighted by Gasteiger charge is -2.17. The standard InChI is InChI=1S/C21H15NO3/c23-19(17-8-10-20-18(12-17)22-21(24)13-25-20)9-6-14-5-7-15-3-1-2-4-16(15)11-14/h1-12H,13H2,(H,22,24). The molecule has 0 saturated carbocycles. The number of carbonyl (C=O) groups is 2. The minimum absolute atomic E-state index is 0.00214. The van der Waals surface area contributed by atoms with Crippen LogP contribution in [0.5, 0.6) is 5.75 Å². The summed E-state index contributed by atoms with van der Waals surface area (Å²) in [6.45, 7) is 0.00214. The first-order chi connectivity index (χ1) is 12.2. The van der Waals surface area contributed by atoms with Gasteiger partial charge >= 0.3 is 0 Å². The average Bonchev–Trinajstić information content (AvgIpc) is 2.65. The molecule has 1 amide bonds. The van der Waals surface area contributed by atoms with E-state index in [2.05, 4.69) is 11.4 Å². The van der Waals surface area contributed by atoms with Crippen LogP contribution >= 0.6 is 0 Å². The zero-order chi connectivity index (χ0) is 17.2. The van der Waals surface area contributed by atoms with E-state index in [4.69, 9.17) is 4.74 Å². The van der Waals surface area contributed by atoms with Crippen LogP contribution in [0.2, 0.25) is 0 Å². The number of fused-ring (bicyclic) bond motifs is 2. The van der Waals surface area contributed by atoms with Crippen molar-refractivity contribution in [2.45, 2.75) is 0 Å². The Morgan fingerprint density at radius 3 is 2.72 bits per heavy atom. The van der Waals surface area contributed by atoms with E-state index in [1.807, 2.05) is 36.4 Å². The van der Waals surface area contributed by atoms with Gasteiger partial charge in [-0.2, -0.15) is 0 Å². The number of anilines is 1. The van der Waals surface area contributed by atoms with Crippen molar-refractivity contribution in [1.29, 1.82) is 0 Å². The molecule has 0 bridgehead atoms. The number of ketones is 1. The van der Waals surface area contributed by atoms with E-state index in [9.17, 15) is 9.59 Å². The quantitative estimate of drug-likeness (QED) is 0.582. The van der Waals surface area contributed by atoms with Gasteiger partial charge in [-0.15, -0.1) is 0 Å². The predicted octanol–water partition coefficient (Wildman–Crippen LogP) is 4.07. The minimum Gasteiger partial charge on any atom is -0.482 e. The highest BCUT2D eigenvalue weighted by Gasteiger charge is 2.17. The van der Waals surface area contributed by atoms with Gasteiger partial charge in [-0.1, -0.05) is 42.5 Å². The van der Waals surface area contributed by atoms with Gasteiger partial charge in [0.1, 0.15) is 5.75 Å². The molecule has 0 unspecified atom stereocenters. The molecule has 4 nitrogen and oxygen atoms in total. The molecule has 3 aromatic rings. The Kier molecular flexibility index (Phi) is 3.78. The van der Waals surface area contributed by atoms with Gasteiger partial charge in [0, 0.05) is 5.56 Å². The highest BCUT2D eigenvalue weighted by atomic mass is 16.5. The summed E-state index contributed by atoms with van der Waals surface area (Å²) >= 11 is 0. The molecule has 1 aliphatic rings. The number of benzene rings is 3. The molecule has 0 saturated heterocycles. The van der Waals surface area contributed by atoms with E-state index in [1.165, 1.54) is 6.08 Å². The first-order valence-electron chi connectivity index (χ1n) is 7.97. The summed E-state index contributed by atoms with van der Waals surface area (Å²) in [4.78, 5) is 23.8. The zero-order valence-electron chi connectivity index (χ0n) is 13.4. The maximum absolute atomic E-state index is 12.4.